The largest absolute Gasteiger partial charge is 0.550 e. The molecule has 2 heterocycles. The molecule has 130 valence electrons. The van der Waals surface area contributed by atoms with Crippen LogP contribution >= 0.6 is 11.8 Å². The molecule has 0 atom stereocenters. The number of carboxylic acid groups (broad SMARTS) is 1. The predicted molar refractivity (Wildman–Crippen MR) is 97.4 cm³/mol. The third-order valence-electron chi connectivity index (χ3n) is 5.05. The number of rotatable bonds is 4. The standard InChI is InChI=1S/C21H22O3S/c1-3-21(4-2)11-12-25-19-10-6-15(13-18(19)21)5-7-16-8-9-17(24-16)14-20(22)23/h6,8-10,13H,3-4,11-12,14H2,1-2H3,(H,22,23)/p-1. The molecule has 0 aliphatic carbocycles. The number of furan rings is 1. The summed E-state index contributed by atoms with van der Waals surface area (Å²) in [5.41, 5.74) is 2.63. The van der Waals surface area contributed by atoms with Gasteiger partial charge >= 0.3 is 0 Å². The minimum Gasteiger partial charge on any atom is -0.550 e. The number of benzene rings is 1. The zero-order valence-electron chi connectivity index (χ0n) is 14.6. The number of hydrogen-bond donors (Lipinski definition) is 0. The Morgan fingerprint density at radius 1 is 1.24 bits per heavy atom. The van der Waals surface area contributed by atoms with E-state index < -0.39 is 5.97 Å². The van der Waals surface area contributed by atoms with Crippen LogP contribution in [-0.4, -0.2) is 11.7 Å². The third kappa shape index (κ3) is 3.77. The first kappa shape index (κ1) is 17.7. The second-order valence-electron chi connectivity index (χ2n) is 6.36. The summed E-state index contributed by atoms with van der Waals surface area (Å²) in [6, 6.07) is 9.76. The average molecular weight is 353 g/mol. The van der Waals surface area contributed by atoms with Crippen LogP contribution in [0.25, 0.3) is 0 Å². The van der Waals surface area contributed by atoms with E-state index in [1.165, 1.54) is 22.6 Å². The lowest BCUT2D eigenvalue weighted by Crippen LogP contribution is -2.28. The van der Waals surface area contributed by atoms with E-state index in [1.807, 2.05) is 17.8 Å². The molecule has 1 aromatic carbocycles. The highest BCUT2D eigenvalue weighted by molar-refractivity contribution is 7.99. The smallest absolute Gasteiger partial charge is 0.177 e. The lowest BCUT2D eigenvalue weighted by molar-refractivity contribution is -0.305. The van der Waals surface area contributed by atoms with E-state index in [0.717, 1.165) is 18.4 Å². The molecule has 3 nitrogen and oxygen atoms in total. The fourth-order valence-corrected chi connectivity index (χ4v) is 4.75. The quantitative estimate of drug-likeness (QED) is 0.789. The number of carboxylic acids is 1. The number of carbonyl (C=O) groups excluding carboxylic acids is 1. The predicted octanol–water partition coefficient (Wildman–Crippen LogP) is 3.53. The Morgan fingerprint density at radius 2 is 2.04 bits per heavy atom. The second kappa shape index (κ2) is 7.41. The summed E-state index contributed by atoms with van der Waals surface area (Å²) in [4.78, 5) is 12.0. The third-order valence-corrected chi connectivity index (χ3v) is 6.13. The van der Waals surface area contributed by atoms with Crippen LogP contribution in [0.4, 0.5) is 0 Å². The Balaban J connectivity index is 1.88. The Bertz CT molecular complexity index is 834. The lowest BCUT2D eigenvalue weighted by Gasteiger charge is -2.37. The number of carbonyl (C=O) groups is 1. The number of fused-ring (bicyclic) bond motifs is 1. The van der Waals surface area contributed by atoms with Gasteiger partial charge in [0, 0.05) is 22.8 Å². The average Bonchev–Trinajstić information content (AvgIpc) is 3.06. The minimum atomic E-state index is -1.16. The topological polar surface area (TPSA) is 53.3 Å². The van der Waals surface area contributed by atoms with Crippen molar-refractivity contribution in [2.45, 2.75) is 49.8 Å². The summed E-state index contributed by atoms with van der Waals surface area (Å²) in [5.74, 6) is 6.99. The molecule has 3 rings (SSSR count). The highest BCUT2D eigenvalue weighted by Crippen LogP contribution is 2.46. The second-order valence-corrected chi connectivity index (χ2v) is 7.50. The van der Waals surface area contributed by atoms with E-state index >= 15 is 0 Å². The van der Waals surface area contributed by atoms with Gasteiger partial charge in [-0.2, -0.15) is 0 Å². The normalized spacial score (nSPS) is 15.1. The first-order valence-electron chi connectivity index (χ1n) is 8.64. The van der Waals surface area contributed by atoms with Gasteiger partial charge in [-0.05, 0) is 72.2 Å². The van der Waals surface area contributed by atoms with Gasteiger partial charge in [-0.15, -0.1) is 11.8 Å². The molecule has 1 aliphatic rings. The van der Waals surface area contributed by atoms with Crippen LogP contribution in [-0.2, 0) is 16.6 Å². The van der Waals surface area contributed by atoms with Crippen LogP contribution in [0.1, 0.15) is 55.8 Å². The molecule has 0 spiro atoms. The summed E-state index contributed by atoms with van der Waals surface area (Å²) < 4.78 is 5.41. The SMILES string of the molecule is CCC1(CC)CCSc2ccc(C#Cc3ccc(CC(=O)[O-])o3)cc21. The molecule has 0 bridgehead atoms. The number of thioether (sulfide) groups is 1. The fraction of sp³-hybridized carbons (Fsp3) is 0.381. The molecule has 4 heteroatoms. The maximum absolute atomic E-state index is 10.6. The maximum Gasteiger partial charge on any atom is 0.177 e. The highest BCUT2D eigenvalue weighted by atomic mass is 32.2. The molecule has 0 fully saturated rings. The monoisotopic (exact) mass is 353 g/mol. The molecular formula is C21H21O3S-. The van der Waals surface area contributed by atoms with Gasteiger partial charge in [0.25, 0.3) is 0 Å². The molecule has 0 amide bonds. The minimum absolute atomic E-state index is 0.229. The van der Waals surface area contributed by atoms with E-state index in [4.69, 9.17) is 4.42 Å². The first-order chi connectivity index (χ1) is 12.1. The van der Waals surface area contributed by atoms with Gasteiger partial charge in [0.05, 0.1) is 0 Å². The lowest BCUT2D eigenvalue weighted by atomic mass is 9.73. The molecule has 2 aromatic rings. The summed E-state index contributed by atoms with van der Waals surface area (Å²) in [7, 11) is 0. The van der Waals surface area contributed by atoms with Crippen molar-refractivity contribution in [3.05, 3.63) is 53.0 Å². The summed E-state index contributed by atoms with van der Waals surface area (Å²) >= 11 is 1.93. The molecule has 0 N–H and O–H groups in total. The van der Waals surface area contributed by atoms with Crippen LogP contribution in [0, 0.1) is 11.8 Å². The van der Waals surface area contributed by atoms with Gasteiger partial charge in [0.2, 0.25) is 0 Å². The zero-order valence-corrected chi connectivity index (χ0v) is 15.4. The van der Waals surface area contributed by atoms with E-state index in [0.29, 0.717) is 11.5 Å². The van der Waals surface area contributed by atoms with Crippen molar-refractivity contribution < 1.29 is 14.3 Å². The highest BCUT2D eigenvalue weighted by Gasteiger charge is 2.33. The molecule has 25 heavy (non-hydrogen) atoms. The van der Waals surface area contributed by atoms with Gasteiger partial charge in [-0.3, -0.25) is 0 Å². The van der Waals surface area contributed by atoms with E-state index in [-0.39, 0.29) is 11.8 Å². The molecule has 0 saturated carbocycles. The molecule has 0 unspecified atom stereocenters. The molecule has 0 radical (unpaired) electrons. The summed E-state index contributed by atoms with van der Waals surface area (Å²) in [6.07, 6.45) is 3.25. The van der Waals surface area contributed by atoms with Crippen molar-refractivity contribution in [2.24, 2.45) is 0 Å². The van der Waals surface area contributed by atoms with Crippen molar-refractivity contribution in [1.82, 2.24) is 0 Å². The Hall–Kier alpha value is -2.12. The molecule has 1 aliphatic heterocycles. The van der Waals surface area contributed by atoms with Crippen LogP contribution in [0.3, 0.4) is 0 Å². The van der Waals surface area contributed by atoms with Crippen LogP contribution in [0.2, 0.25) is 0 Å². The van der Waals surface area contributed by atoms with Crippen LogP contribution < -0.4 is 5.11 Å². The van der Waals surface area contributed by atoms with Gasteiger partial charge < -0.3 is 14.3 Å². The Labute approximate surface area is 152 Å². The van der Waals surface area contributed by atoms with Gasteiger partial charge in [0.15, 0.2) is 5.76 Å². The van der Waals surface area contributed by atoms with Crippen molar-refractivity contribution in [3.63, 3.8) is 0 Å². The van der Waals surface area contributed by atoms with E-state index in [2.05, 4.69) is 37.8 Å². The zero-order chi connectivity index (χ0) is 17.9. The number of aliphatic carboxylic acids is 1. The molecule has 1 aromatic heterocycles. The van der Waals surface area contributed by atoms with Crippen molar-refractivity contribution >= 4 is 17.7 Å². The maximum atomic E-state index is 10.6. The van der Waals surface area contributed by atoms with Crippen LogP contribution in [0.5, 0.6) is 0 Å². The summed E-state index contributed by atoms with van der Waals surface area (Å²) in [6.45, 7) is 4.53. The number of hydrogen-bond acceptors (Lipinski definition) is 4. The molecular weight excluding hydrogens is 332 g/mol. The molecule has 0 saturated heterocycles. The Kier molecular flexibility index (Phi) is 5.24. The van der Waals surface area contributed by atoms with Crippen molar-refractivity contribution in [2.75, 3.05) is 5.75 Å². The van der Waals surface area contributed by atoms with E-state index in [9.17, 15) is 9.90 Å². The van der Waals surface area contributed by atoms with Crippen molar-refractivity contribution in [3.8, 4) is 11.8 Å². The Morgan fingerprint density at radius 3 is 2.76 bits per heavy atom. The van der Waals surface area contributed by atoms with Gasteiger partial charge in [-0.1, -0.05) is 19.8 Å². The van der Waals surface area contributed by atoms with Gasteiger partial charge in [-0.25, -0.2) is 0 Å². The fourth-order valence-electron chi connectivity index (χ4n) is 3.44. The van der Waals surface area contributed by atoms with E-state index in [1.54, 1.807) is 12.1 Å². The van der Waals surface area contributed by atoms with Gasteiger partial charge in [0.1, 0.15) is 5.76 Å². The van der Waals surface area contributed by atoms with Crippen LogP contribution in [0.15, 0.2) is 39.6 Å². The van der Waals surface area contributed by atoms with Crippen molar-refractivity contribution in [1.29, 1.82) is 0 Å². The first-order valence-corrected chi connectivity index (χ1v) is 9.63. The summed E-state index contributed by atoms with van der Waals surface area (Å²) in [5, 5.41) is 10.6.